The van der Waals surface area contributed by atoms with Crippen molar-refractivity contribution in [1.82, 2.24) is 4.98 Å². The van der Waals surface area contributed by atoms with Crippen LogP contribution in [0, 0.1) is 0 Å². The first-order chi connectivity index (χ1) is 12.7. The zero-order valence-electron chi connectivity index (χ0n) is 14.7. The topological polar surface area (TPSA) is 69.7 Å². The number of carbonyl (C=O) groups excluding carboxylic acids is 1. The highest BCUT2D eigenvalue weighted by atomic mass is 32.1. The van der Waals surface area contributed by atoms with E-state index in [9.17, 15) is 4.79 Å². The number of benzene rings is 1. The van der Waals surface area contributed by atoms with Crippen molar-refractivity contribution < 1.29 is 19.0 Å². The average Bonchev–Trinajstić information content (AvgIpc) is 3.10. The van der Waals surface area contributed by atoms with Crippen molar-refractivity contribution in [3.8, 4) is 17.0 Å². The molecule has 3 heterocycles. The lowest BCUT2D eigenvalue weighted by Crippen LogP contribution is -2.32. The van der Waals surface area contributed by atoms with Gasteiger partial charge in [0.05, 0.1) is 23.3 Å². The van der Waals surface area contributed by atoms with Gasteiger partial charge in [-0.2, -0.15) is 0 Å². The van der Waals surface area contributed by atoms with E-state index in [0.717, 1.165) is 47.8 Å². The summed E-state index contributed by atoms with van der Waals surface area (Å²) in [6.45, 7) is 3.46. The molecule has 6 nitrogen and oxygen atoms in total. The summed E-state index contributed by atoms with van der Waals surface area (Å²) >= 11 is 1.44. The molecule has 2 atom stereocenters. The molecule has 26 heavy (non-hydrogen) atoms. The van der Waals surface area contributed by atoms with Crippen LogP contribution in [-0.4, -0.2) is 36.3 Å². The molecule has 0 saturated carbocycles. The smallest absolute Gasteiger partial charge is 0.254 e. The second kappa shape index (κ2) is 7.73. The van der Waals surface area contributed by atoms with Crippen LogP contribution in [0.5, 0.6) is 5.75 Å². The van der Waals surface area contributed by atoms with Crippen molar-refractivity contribution >= 4 is 22.4 Å². The fraction of sp³-hybridized carbons (Fsp3) is 0.474. The first-order valence-corrected chi connectivity index (χ1v) is 9.78. The molecule has 2 aliphatic heterocycles. The molecular weight excluding hydrogens is 352 g/mol. The van der Waals surface area contributed by atoms with E-state index in [2.05, 4.69) is 10.3 Å². The van der Waals surface area contributed by atoms with Crippen LogP contribution < -0.4 is 10.1 Å². The van der Waals surface area contributed by atoms with Crippen molar-refractivity contribution in [1.29, 1.82) is 0 Å². The summed E-state index contributed by atoms with van der Waals surface area (Å²) in [5, 5.41) is 3.44. The van der Waals surface area contributed by atoms with E-state index in [1.807, 2.05) is 24.3 Å². The van der Waals surface area contributed by atoms with Crippen LogP contribution in [0.1, 0.15) is 31.1 Å². The first kappa shape index (κ1) is 17.5. The Morgan fingerprint density at radius 3 is 3.15 bits per heavy atom. The molecule has 1 fully saturated rings. The molecule has 1 N–H and O–H groups in total. The molecule has 2 aromatic rings. The molecule has 2 unspecified atom stereocenters. The number of fused-ring (bicyclic) bond motifs is 3. The van der Waals surface area contributed by atoms with E-state index in [1.165, 1.54) is 11.3 Å². The number of aromatic nitrogens is 1. The van der Waals surface area contributed by atoms with Crippen molar-refractivity contribution in [2.75, 3.05) is 18.5 Å². The predicted octanol–water partition coefficient (Wildman–Crippen LogP) is 3.62. The Hall–Kier alpha value is -1.96. The zero-order chi connectivity index (χ0) is 17.9. The van der Waals surface area contributed by atoms with E-state index in [1.54, 1.807) is 6.92 Å². The van der Waals surface area contributed by atoms with Gasteiger partial charge in [-0.1, -0.05) is 23.5 Å². The molecule has 0 radical (unpaired) electrons. The van der Waals surface area contributed by atoms with Crippen molar-refractivity contribution in [2.45, 2.75) is 45.0 Å². The van der Waals surface area contributed by atoms with Gasteiger partial charge in [-0.3, -0.25) is 10.1 Å². The maximum atomic E-state index is 12.4. The Kier molecular flexibility index (Phi) is 5.19. The van der Waals surface area contributed by atoms with Crippen LogP contribution in [-0.2, 0) is 20.9 Å². The molecule has 4 rings (SSSR count). The molecular formula is C19H22N2O4S. The standard InChI is InChI=1S/C19H22N2O4S/c1-12(24-10-13-6-4-5-9-23-13)18(22)21-19-20-17-14-7-2-3-8-15(14)25-11-16(17)26-19/h2-3,7-8,12-13H,4-6,9-11H2,1H3,(H,20,21,22). The van der Waals surface area contributed by atoms with Gasteiger partial charge >= 0.3 is 0 Å². The van der Waals surface area contributed by atoms with E-state index < -0.39 is 6.10 Å². The summed E-state index contributed by atoms with van der Waals surface area (Å²) in [6.07, 6.45) is 2.80. The van der Waals surface area contributed by atoms with Gasteiger partial charge in [0, 0.05) is 12.2 Å². The summed E-state index contributed by atoms with van der Waals surface area (Å²) < 4.78 is 17.1. The van der Waals surface area contributed by atoms with Crippen LogP contribution >= 0.6 is 11.3 Å². The van der Waals surface area contributed by atoms with Crippen molar-refractivity contribution in [3.05, 3.63) is 29.1 Å². The van der Waals surface area contributed by atoms with Gasteiger partial charge in [0.25, 0.3) is 5.91 Å². The van der Waals surface area contributed by atoms with Crippen LogP contribution in [0.4, 0.5) is 5.13 Å². The summed E-state index contributed by atoms with van der Waals surface area (Å²) in [5.41, 5.74) is 1.85. The molecule has 7 heteroatoms. The molecule has 1 saturated heterocycles. The Morgan fingerprint density at radius 2 is 2.31 bits per heavy atom. The fourth-order valence-corrected chi connectivity index (χ4v) is 4.01. The third-order valence-electron chi connectivity index (χ3n) is 4.60. The van der Waals surface area contributed by atoms with E-state index in [-0.39, 0.29) is 12.0 Å². The third-order valence-corrected chi connectivity index (χ3v) is 5.55. The number of ether oxygens (including phenoxy) is 3. The van der Waals surface area contributed by atoms with E-state index in [4.69, 9.17) is 14.2 Å². The lowest BCUT2D eigenvalue weighted by Gasteiger charge is -2.23. The Labute approximate surface area is 156 Å². The van der Waals surface area contributed by atoms with Gasteiger partial charge in [-0.15, -0.1) is 0 Å². The van der Waals surface area contributed by atoms with Gasteiger partial charge in [0.15, 0.2) is 5.13 Å². The molecule has 0 spiro atoms. The average molecular weight is 374 g/mol. The highest BCUT2D eigenvalue weighted by molar-refractivity contribution is 7.16. The van der Waals surface area contributed by atoms with E-state index in [0.29, 0.717) is 18.3 Å². The van der Waals surface area contributed by atoms with Crippen LogP contribution in [0.15, 0.2) is 24.3 Å². The van der Waals surface area contributed by atoms with Crippen LogP contribution in [0.25, 0.3) is 11.3 Å². The van der Waals surface area contributed by atoms with Gasteiger partial charge < -0.3 is 14.2 Å². The number of rotatable bonds is 5. The van der Waals surface area contributed by atoms with Crippen molar-refractivity contribution in [3.63, 3.8) is 0 Å². The molecule has 1 aromatic carbocycles. The highest BCUT2D eigenvalue weighted by Crippen LogP contribution is 2.40. The Balaban J connectivity index is 1.37. The number of hydrogen-bond acceptors (Lipinski definition) is 6. The largest absolute Gasteiger partial charge is 0.487 e. The lowest BCUT2D eigenvalue weighted by atomic mass is 10.1. The summed E-state index contributed by atoms with van der Waals surface area (Å²) in [7, 11) is 0. The minimum absolute atomic E-state index is 0.0971. The normalized spacial score (nSPS) is 19.8. The van der Waals surface area contributed by atoms with Crippen LogP contribution in [0.2, 0.25) is 0 Å². The number of nitrogens with one attached hydrogen (secondary N) is 1. The summed E-state index contributed by atoms with van der Waals surface area (Å²) in [4.78, 5) is 18.0. The summed E-state index contributed by atoms with van der Waals surface area (Å²) in [5.74, 6) is 0.633. The fourth-order valence-electron chi connectivity index (χ4n) is 3.12. The highest BCUT2D eigenvalue weighted by Gasteiger charge is 2.24. The number of nitrogens with zero attached hydrogens (tertiary/aromatic N) is 1. The van der Waals surface area contributed by atoms with Gasteiger partial charge in [0.2, 0.25) is 0 Å². The number of thiazole rings is 1. The number of para-hydroxylation sites is 1. The number of anilines is 1. The van der Waals surface area contributed by atoms with Gasteiger partial charge in [-0.25, -0.2) is 4.98 Å². The van der Waals surface area contributed by atoms with E-state index >= 15 is 0 Å². The molecule has 0 bridgehead atoms. The van der Waals surface area contributed by atoms with Crippen molar-refractivity contribution in [2.24, 2.45) is 0 Å². The number of carbonyl (C=O) groups is 1. The second-order valence-electron chi connectivity index (χ2n) is 6.53. The third kappa shape index (κ3) is 3.75. The van der Waals surface area contributed by atoms with Gasteiger partial charge in [0.1, 0.15) is 18.5 Å². The Morgan fingerprint density at radius 1 is 1.42 bits per heavy atom. The quantitative estimate of drug-likeness (QED) is 0.866. The minimum Gasteiger partial charge on any atom is -0.487 e. The molecule has 1 amide bonds. The predicted molar refractivity (Wildman–Crippen MR) is 99.5 cm³/mol. The molecule has 2 aliphatic rings. The number of hydrogen-bond donors (Lipinski definition) is 1. The molecule has 1 aromatic heterocycles. The SMILES string of the molecule is CC(OCC1CCCCO1)C(=O)Nc1nc2c(s1)COc1ccccc1-2. The second-order valence-corrected chi connectivity index (χ2v) is 7.61. The monoisotopic (exact) mass is 374 g/mol. The molecule has 0 aliphatic carbocycles. The lowest BCUT2D eigenvalue weighted by molar-refractivity contribution is -0.130. The Bertz CT molecular complexity index is 786. The zero-order valence-corrected chi connectivity index (χ0v) is 15.5. The maximum Gasteiger partial charge on any atom is 0.254 e. The molecule has 138 valence electrons. The minimum atomic E-state index is -0.551. The number of amides is 1. The van der Waals surface area contributed by atoms with Gasteiger partial charge in [-0.05, 0) is 38.3 Å². The maximum absolute atomic E-state index is 12.4. The first-order valence-electron chi connectivity index (χ1n) is 8.96. The van der Waals surface area contributed by atoms with Crippen LogP contribution in [0.3, 0.4) is 0 Å². The summed E-state index contributed by atoms with van der Waals surface area (Å²) in [6, 6.07) is 7.81.